The molecule has 1 aliphatic carbocycles. The second kappa shape index (κ2) is 3.75. The average Bonchev–Trinajstić information content (AvgIpc) is 2.02. The summed E-state index contributed by atoms with van der Waals surface area (Å²) in [5.74, 6) is -1.27. The Bertz CT molecular complexity index is 270. The minimum absolute atomic E-state index is 0.0942. The summed E-state index contributed by atoms with van der Waals surface area (Å²) in [6, 6.07) is 0. The average molecular weight is 208 g/mol. The topological polar surface area (TPSA) is 0 Å². The predicted molar refractivity (Wildman–Crippen MR) is 46.3 cm³/mol. The van der Waals surface area contributed by atoms with E-state index in [0.29, 0.717) is 6.42 Å². The number of allylic oxidation sites excluding steroid dienone is 4. The summed E-state index contributed by atoms with van der Waals surface area (Å²) in [6.45, 7) is 3.65. The van der Waals surface area contributed by atoms with E-state index in [4.69, 9.17) is 0 Å². The number of alkyl halides is 3. The lowest BCUT2D eigenvalue weighted by Gasteiger charge is -2.22. The van der Waals surface area contributed by atoms with E-state index in [1.807, 2.05) is 13.8 Å². The highest BCUT2D eigenvalue weighted by Crippen LogP contribution is 2.38. The third kappa shape index (κ3) is 2.36. The van der Waals surface area contributed by atoms with Crippen LogP contribution < -0.4 is 0 Å². The van der Waals surface area contributed by atoms with Crippen molar-refractivity contribution in [3.63, 3.8) is 0 Å². The lowest BCUT2D eigenvalue weighted by Crippen LogP contribution is -2.19. The van der Waals surface area contributed by atoms with Crippen LogP contribution in [0.15, 0.2) is 23.6 Å². The van der Waals surface area contributed by atoms with Crippen LogP contribution >= 0.6 is 0 Å². The summed E-state index contributed by atoms with van der Waals surface area (Å²) in [7, 11) is 0. The van der Waals surface area contributed by atoms with Crippen LogP contribution in [0.5, 0.6) is 0 Å². The molecular formula is C10H12F4. The van der Waals surface area contributed by atoms with Gasteiger partial charge in [0.2, 0.25) is 0 Å². The Morgan fingerprint density at radius 1 is 1.36 bits per heavy atom. The van der Waals surface area contributed by atoms with E-state index >= 15 is 0 Å². The molecule has 0 aromatic rings. The van der Waals surface area contributed by atoms with Crippen LogP contribution in [0, 0.1) is 11.8 Å². The molecule has 0 spiro atoms. The fourth-order valence-corrected chi connectivity index (χ4v) is 1.41. The highest BCUT2D eigenvalue weighted by molar-refractivity contribution is 5.33. The van der Waals surface area contributed by atoms with Gasteiger partial charge >= 0.3 is 6.18 Å². The molecule has 0 aromatic heterocycles. The zero-order valence-corrected chi connectivity index (χ0v) is 8.03. The Kier molecular flexibility index (Phi) is 3.02. The van der Waals surface area contributed by atoms with Crippen LogP contribution in [0.4, 0.5) is 17.6 Å². The van der Waals surface area contributed by atoms with Gasteiger partial charge in [-0.3, -0.25) is 0 Å². The highest BCUT2D eigenvalue weighted by Gasteiger charge is 2.38. The summed E-state index contributed by atoms with van der Waals surface area (Å²) >= 11 is 0. The Morgan fingerprint density at radius 2 is 1.93 bits per heavy atom. The fourth-order valence-electron chi connectivity index (χ4n) is 1.41. The monoisotopic (exact) mass is 208 g/mol. The summed E-state index contributed by atoms with van der Waals surface area (Å²) < 4.78 is 49.7. The van der Waals surface area contributed by atoms with E-state index in [2.05, 4.69) is 0 Å². The molecule has 0 heterocycles. The predicted octanol–water partition coefficient (Wildman–Crippen LogP) is 4.00. The number of rotatable bonds is 1. The van der Waals surface area contributed by atoms with Gasteiger partial charge in [-0.1, -0.05) is 19.9 Å². The molecule has 0 fully saturated rings. The molecular weight excluding hydrogens is 196 g/mol. The molecule has 0 amide bonds. The smallest absolute Gasteiger partial charge is 0.207 e. The first-order chi connectivity index (χ1) is 6.32. The fraction of sp³-hybridized carbons (Fsp3) is 0.600. The molecule has 1 unspecified atom stereocenters. The molecule has 1 atom stereocenters. The van der Waals surface area contributed by atoms with Gasteiger partial charge in [0.05, 0.1) is 5.57 Å². The van der Waals surface area contributed by atoms with Gasteiger partial charge in [-0.05, 0) is 24.3 Å². The van der Waals surface area contributed by atoms with Crippen LogP contribution in [0.1, 0.15) is 20.3 Å². The van der Waals surface area contributed by atoms with Crippen molar-refractivity contribution >= 4 is 0 Å². The molecule has 0 saturated heterocycles. The molecule has 0 aliphatic heterocycles. The van der Waals surface area contributed by atoms with Crippen molar-refractivity contribution in [1.82, 2.24) is 0 Å². The second-order valence-corrected chi connectivity index (χ2v) is 3.77. The standard InChI is InChI=1S/C10H12F4/c1-6(2)7-3-4-9(11)8(5-7)10(12,13)14/h4-7H,3H2,1-2H3. The third-order valence-corrected chi connectivity index (χ3v) is 2.37. The minimum atomic E-state index is -4.58. The Labute approximate surface area is 80.3 Å². The molecule has 14 heavy (non-hydrogen) atoms. The van der Waals surface area contributed by atoms with Crippen molar-refractivity contribution in [3.8, 4) is 0 Å². The zero-order chi connectivity index (χ0) is 10.9. The maximum Gasteiger partial charge on any atom is 0.418 e. The van der Waals surface area contributed by atoms with Gasteiger partial charge in [-0.2, -0.15) is 13.2 Å². The van der Waals surface area contributed by atoms with E-state index in [0.717, 1.165) is 12.2 Å². The summed E-state index contributed by atoms with van der Waals surface area (Å²) in [5.41, 5.74) is -1.12. The molecule has 0 saturated carbocycles. The maximum atomic E-state index is 12.9. The van der Waals surface area contributed by atoms with Gasteiger partial charge in [-0.15, -0.1) is 0 Å². The van der Waals surface area contributed by atoms with Crippen molar-refractivity contribution in [1.29, 1.82) is 0 Å². The molecule has 0 nitrogen and oxygen atoms in total. The maximum absolute atomic E-state index is 12.9. The van der Waals surface area contributed by atoms with Crippen molar-refractivity contribution in [2.45, 2.75) is 26.4 Å². The molecule has 1 rings (SSSR count). The van der Waals surface area contributed by atoms with E-state index in [-0.39, 0.29) is 11.8 Å². The first-order valence-electron chi connectivity index (χ1n) is 4.47. The first kappa shape index (κ1) is 11.3. The van der Waals surface area contributed by atoms with Crippen molar-refractivity contribution in [2.24, 2.45) is 11.8 Å². The van der Waals surface area contributed by atoms with Crippen LogP contribution in [-0.4, -0.2) is 6.18 Å². The quantitative estimate of drug-likeness (QED) is 0.571. The molecule has 0 radical (unpaired) electrons. The van der Waals surface area contributed by atoms with E-state index in [1.54, 1.807) is 0 Å². The van der Waals surface area contributed by atoms with Gasteiger partial charge in [0, 0.05) is 0 Å². The Morgan fingerprint density at radius 3 is 2.36 bits per heavy atom. The molecule has 1 aliphatic rings. The van der Waals surface area contributed by atoms with Gasteiger partial charge in [0.1, 0.15) is 5.83 Å². The number of hydrogen-bond donors (Lipinski definition) is 0. The van der Waals surface area contributed by atoms with Crippen molar-refractivity contribution < 1.29 is 17.6 Å². The van der Waals surface area contributed by atoms with Gasteiger partial charge < -0.3 is 0 Å². The highest BCUT2D eigenvalue weighted by atomic mass is 19.4. The number of hydrogen-bond acceptors (Lipinski definition) is 0. The van der Waals surface area contributed by atoms with Gasteiger partial charge in [-0.25, -0.2) is 4.39 Å². The van der Waals surface area contributed by atoms with Crippen molar-refractivity contribution in [2.75, 3.05) is 0 Å². The van der Waals surface area contributed by atoms with E-state index < -0.39 is 17.6 Å². The second-order valence-electron chi connectivity index (χ2n) is 3.77. The SMILES string of the molecule is CC(C)C1C=C(C(F)(F)F)C(F)=CC1. The molecule has 4 heteroatoms. The van der Waals surface area contributed by atoms with Crippen LogP contribution in [-0.2, 0) is 0 Å². The lowest BCUT2D eigenvalue weighted by atomic mass is 9.86. The summed E-state index contributed by atoms with van der Waals surface area (Å²) in [4.78, 5) is 0. The van der Waals surface area contributed by atoms with E-state index in [1.165, 1.54) is 0 Å². The summed E-state index contributed by atoms with van der Waals surface area (Å²) in [5, 5.41) is 0. The third-order valence-electron chi connectivity index (χ3n) is 2.37. The lowest BCUT2D eigenvalue weighted by molar-refractivity contribution is -0.0920. The van der Waals surface area contributed by atoms with Gasteiger partial charge in [0.25, 0.3) is 0 Å². The molecule has 80 valence electrons. The first-order valence-corrected chi connectivity index (χ1v) is 4.47. The molecule has 0 aromatic carbocycles. The summed E-state index contributed by atoms with van der Waals surface area (Å²) in [6.07, 6.45) is -2.20. The minimum Gasteiger partial charge on any atom is -0.207 e. The zero-order valence-electron chi connectivity index (χ0n) is 8.03. The van der Waals surface area contributed by atoms with Crippen molar-refractivity contribution in [3.05, 3.63) is 23.6 Å². The Balaban J connectivity index is 2.95. The van der Waals surface area contributed by atoms with Crippen LogP contribution in [0.2, 0.25) is 0 Å². The van der Waals surface area contributed by atoms with Crippen LogP contribution in [0.3, 0.4) is 0 Å². The largest absolute Gasteiger partial charge is 0.418 e. The number of halogens is 4. The van der Waals surface area contributed by atoms with Gasteiger partial charge in [0.15, 0.2) is 0 Å². The molecule has 0 bridgehead atoms. The van der Waals surface area contributed by atoms with E-state index in [9.17, 15) is 17.6 Å². The Hall–Kier alpha value is -0.800. The molecule has 0 N–H and O–H groups in total. The normalized spacial score (nSPS) is 23.5. The van der Waals surface area contributed by atoms with Crippen LogP contribution in [0.25, 0.3) is 0 Å².